The van der Waals surface area contributed by atoms with Crippen LogP contribution in [0.2, 0.25) is 0 Å². The van der Waals surface area contributed by atoms with Gasteiger partial charge in [0.05, 0.1) is 24.5 Å². The van der Waals surface area contributed by atoms with Gasteiger partial charge in [-0.25, -0.2) is 9.97 Å². The molecule has 25 heavy (non-hydrogen) atoms. The fourth-order valence-electron chi connectivity index (χ4n) is 2.43. The fraction of sp³-hybridized carbons (Fsp3) is 0.312. The largest absolute Gasteiger partial charge is 0.418 e. The smallest absolute Gasteiger partial charge is 0.378 e. The van der Waals surface area contributed by atoms with Gasteiger partial charge in [0, 0.05) is 19.3 Å². The number of anilines is 2. The van der Waals surface area contributed by atoms with E-state index in [0.29, 0.717) is 26.3 Å². The zero-order valence-electron chi connectivity index (χ0n) is 13.1. The molecule has 0 atom stereocenters. The SMILES string of the molecule is O=C(c1ccnc(Nc2ccccc2C(F)(F)F)n1)N1CCOCC1. The van der Waals surface area contributed by atoms with Crippen LogP contribution in [0.25, 0.3) is 0 Å². The molecule has 0 aliphatic carbocycles. The van der Waals surface area contributed by atoms with Crippen molar-refractivity contribution in [2.75, 3.05) is 31.6 Å². The van der Waals surface area contributed by atoms with Crippen molar-refractivity contribution in [2.24, 2.45) is 0 Å². The molecule has 1 aliphatic rings. The van der Waals surface area contributed by atoms with Crippen LogP contribution in [-0.2, 0) is 10.9 Å². The number of amides is 1. The molecule has 0 unspecified atom stereocenters. The molecule has 1 amide bonds. The van der Waals surface area contributed by atoms with E-state index >= 15 is 0 Å². The molecule has 1 fully saturated rings. The Labute approximate surface area is 141 Å². The zero-order chi connectivity index (χ0) is 17.9. The highest BCUT2D eigenvalue weighted by Gasteiger charge is 2.33. The Morgan fingerprint density at radius 1 is 1.16 bits per heavy atom. The lowest BCUT2D eigenvalue weighted by atomic mass is 10.1. The van der Waals surface area contributed by atoms with E-state index in [0.717, 1.165) is 6.07 Å². The Balaban J connectivity index is 1.82. The second-order valence-corrected chi connectivity index (χ2v) is 5.34. The van der Waals surface area contributed by atoms with Crippen molar-refractivity contribution in [3.63, 3.8) is 0 Å². The van der Waals surface area contributed by atoms with E-state index in [2.05, 4.69) is 15.3 Å². The molecule has 1 saturated heterocycles. The van der Waals surface area contributed by atoms with Crippen LogP contribution in [0.1, 0.15) is 16.1 Å². The number of alkyl halides is 3. The minimum absolute atomic E-state index is 0.0733. The first-order valence-corrected chi connectivity index (χ1v) is 7.58. The number of nitrogens with one attached hydrogen (secondary N) is 1. The van der Waals surface area contributed by atoms with E-state index in [9.17, 15) is 18.0 Å². The van der Waals surface area contributed by atoms with Gasteiger partial charge in [-0.05, 0) is 18.2 Å². The number of carbonyl (C=O) groups excluding carboxylic acids is 1. The highest BCUT2D eigenvalue weighted by molar-refractivity contribution is 5.92. The average molecular weight is 352 g/mol. The molecule has 0 spiro atoms. The number of carbonyl (C=O) groups is 1. The fourth-order valence-corrected chi connectivity index (χ4v) is 2.43. The molecule has 1 aliphatic heterocycles. The number of morpholine rings is 1. The van der Waals surface area contributed by atoms with Crippen LogP contribution < -0.4 is 5.32 Å². The normalized spacial score (nSPS) is 15.1. The zero-order valence-corrected chi connectivity index (χ0v) is 13.1. The summed E-state index contributed by atoms with van der Waals surface area (Å²) < 4.78 is 44.3. The van der Waals surface area contributed by atoms with E-state index in [1.54, 1.807) is 4.90 Å². The van der Waals surface area contributed by atoms with Gasteiger partial charge in [0.25, 0.3) is 5.91 Å². The van der Waals surface area contributed by atoms with E-state index in [4.69, 9.17) is 4.74 Å². The Kier molecular flexibility index (Phi) is 4.84. The van der Waals surface area contributed by atoms with Gasteiger partial charge in [0.1, 0.15) is 5.69 Å². The minimum atomic E-state index is -4.51. The maximum Gasteiger partial charge on any atom is 0.418 e. The predicted octanol–water partition coefficient (Wildman–Crippen LogP) is 2.71. The van der Waals surface area contributed by atoms with E-state index in [-0.39, 0.29) is 23.2 Å². The van der Waals surface area contributed by atoms with Crippen molar-refractivity contribution in [1.29, 1.82) is 0 Å². The van der Waals surface area contributed by atoms with Crippen LogP contribution >= 0.6 is 0 Å². The molecular weight excluding hydrogens is 337 g/mol. The first-order valence-electron chi connectivity index (χ1n) is 7.58. The van der Waals surface area contributed by atoms with Crippen molar-refractivity contribution in [1.82, 2.24) is 14.9 Å². The quantitative estimate of drug-likeness (QED) is 0.920. The lowest BCUT2D eigenvalue weighted by Gasteiger charge is -2.26. The van der Waals surface area contributed by atoms with E-state index < -0.39 is 11.7 Å². The number of halogens is 3. The summed E-state index contributed by atoms with van der Waals surface area (Å²) >= 11 is 0. The molecule has 132 valence electrons. The number of ether oxygens (including phenoxy) is 1. The number of hydrogen-bond donors (Lipinski definition) is 1. The molecular formula is C16H15F3N4O2. The van der Waals surface area contributed by atoms with Gasteiger partial charge in [-0.3, -0.25) is 4.79 Å². The van der Waals surface area contributed by atoms with E-state index in [1.807, 2.05) is 0 Å². The maximum atomic E-state index is 13.0. The average Bonchev–Trinajstić information content (AvgIpc) is 2.62. The second kappa shape index (κ2) is 7.06. The van der Waals surface area contributed by atoms with Crippen molar-refractivity contribution >= 4 is 17.5 Å². The van der Waals surface area contributed by atoms with Crippen molar-refractivity contribution in [3.05, 3.63) is 47.8 Å². The number of rotatable bonds is 3. The van der Waals surface area contributed by atoms with Crippen molar-refractivity contribution in [3.8, 4) is 0 Å². The summed E-state index contributed by atoms with van der Waals surface area (Å²) in [5.41, 5.74) is -0.890. The lowest BCUT2D eigenvalue weighted by Crippen LogP contribution is -2.41. The summed E-state index contributed by atoms with van der Waals surface area (Å²) in [6.07, 6.45) is -3.18. The molecule has 1 aromatic heterocycles. The second-order valence-electron chi connectivity index (χ2n) is 5.34. The van der Waals surface area contributed by atoms with Crippen LogP contribution in [0.3, 0.4) is 0 Å². The summed E-state index contributed by atoms with van der Waals surface area (Å²) in [5, 5.41) is 2.54. The third-order valence-electron chi connectivity index (χ3n) is 3.65. The molecule has 6 nitrogen and oxygen atoms in total. The summed E-state index contributed by atoms with van der Waals surface area (Å²) in [5.74, 6) is -0.381. The van der Waals surface area contributed by atoms with Gasteiger partial charge >= 0.3 is 6.18 Å². The van der Waals surface area contributed by atoms with Gasteiger partial charge in [-0.2, -0.15) is 13.2 Å². The molecule has 1 N–H and O–H groups in total. The van der Waals surface area contributed by atoms with Gasteiger partial charge in [-0.15, -0.1) is 0 Å². The highest BCUT2D eigenvalue weighted by Crippen LogP contribution is 2.35. The number of nitrogens with zero attached hydrogens (tertiary/aromatic N) is 3. The van der Waals surface area contributed by atoms with Crippen molar-refractivity contribution < 1.29 is 22.7 Å². The van der Waals surface area contributed by atoms with Crippen LogP contribution in [-0.4, -0.2) is 47.1 Å². The summed E-state index contributed by atoms with van der Waals surface area (Å²) in [7, 11) is 0. The van der Waals surface area contributed by atoms with Gasteiger partial charge < -0.3 is 15.0 Å². The third kappa shape index (κ3) is 4.05. The molecule has 9 heteroatoms. The lowest BCUT2D eigenvalue weighted by molar-refractivity contribution is -0.136. The number of hydrogen-bond acceptors (Lipinski definition) is 5. The molecule has 0 bridgehead atoms. The Morgan fingerprint density at radius 2 is 1.88 bits per heavy atom. The van der Waals surface area contributed by atoms with Crippen molar-refractivity contribution in [2.45, 2.75) is 6.18 Å². The standard InChI is InChI=1S/C16H15F3N4O2/c17-16(18,19)11-3-1-2-4-12(11)21-15-20-6-5-13(22-15)14(24)23-7-9-25-10-8-23/h1-6H,7-10H2,(H,20,21,22). The number of aromatic nitrogens is 2. The van der Waals surface area contributed by atoms with Crippen LogP contribution in [0.4, 0.5) is 24.8 Å². The minimum Gasteiger partial charge on any atom is -0.378 e. The van der Waals surface area contributed by atoms with Gasteiger partial charge in [-0.1, -0.05) is 12.1 Å². The third-order valence-corrected chi connectivity index (χ3v) is 3.65. The summed E-state index contributed by atoms with van der Waals surface area (Å²) in [6.45, 7) is 1.78. The van der Waals surface area contributed by atoms with Gasteiger partial charge in [0.15, 0.2) is 0 Å². The van der Waals surface area contributed by atoms with Crippen LogP contribution in [0, 0.1) is 0 Å². The van der Waals surface area contributed by atoms with Crippen LogP contribution in [0.15, 0.2) is 36.5 Å². The Morgan fingerprint density at radius 3 is 2.60 bits per heavy atom. The first-order chi connectivity index (χ1) is 11.9. The monoisotopic (exact) mass is 352 g/mol. The molecule has 0 radical (unpaired) electrons. The molecule has 3 rings (SSSR count). The maximum absolute atomic E-state index is 13.0. The number of benzene rings is 1. The Bertz CT molecular complexity index is 761. The molecule has 2 heterocycles. The first kappa shape index (κ1) is 17.2. The van der Waals surface area contributed by atoms with Gasteiger partial charge in [0.2, 0.25) is 5.95 Å². The molecule has 2 aromatic rings. The van der Waals surface area contributed by atoms with E-state index in [1.165, 1.54) is 30.5 Å². The summed E-state index contributed by atoms with van der Waals surface area (Å²) in [6, 6.07) is 6.44. The van der Waals surface area contributed by atoms with Crippen LogP contribution in [0.5, 0.6) is 0 Å². The molecule has 0 saturated carbocycles. The topological polar surface area (TPSA) is 67.4 Å². The highest BCUT2D eigenvalue weighted by atomic mass is 19.4. The predicted molar refractivity (Wildman–Crippen MR) is 83.5 cm³/mol. The molecule has 1 aromatic carbocycles. The Hall–Kier alpha value is -2.68. The number of para-hydroxylation sites is 1. The summed E-state index contributed by atoms with van der Waals surface area (Å²) in [4.78, 5) is 21.9.